The molecule has 292 valence electrons. The zero-order chi connectivity index (χ0) is 40.0. The summed E-state index contributed by atoms with van der Waals surface area (Å²) >= 11 is 0. The van der Waals surface area contributed by atoms with E-state index in [1.807, 2.05) is 89.8 Å². The molecule has 4 heterocycles. The first-order valence-electron chi connectivity index (χ1n) is 19.0. The van der Waals surface area contributed by atoms with Crippen molar-refractivity contribution in [1.29, 1.82) is 0 Å². The average Bonchev–Trinajstić information content (AvgIpc) is 3.90. The highest BCUT2D eigenvalue weighted by Crippen LogP contribution is 2.65. The van der Waals surface area contributed by atoms with Crippen molar-refractivity contribution in [2.75, 3.05) is 25.2 Å². The number of anilines is 1. The van der Waals surface area contributed by atoms with Gasteiger partial charge in [-0.3, -0.25) is 19.3 Å². The fraction of sp³-hybridized carbons (Fsp3) is 0.222. The first-order valence-corrected chi connectivity index (χ1v) is 19.0. The van der Waals surface area contributed by atoms with E-state index in [4.69, 9.17) is 14.2 Å². The number of aromatic nitrogens is 2. The number of morpholine rings is 1. The largest absolute Gasteiger partial charge is 0.508 e. The highest BCUT2D eigenvalue weighted by Gasteiger charge is 2.75. The molecule has 3 N–H and O–H groups in total. The summed E-state index contributed by atoms with van der Waals surface area (Å²) in [6.45, 7) is -0.100. The van der Waals surface area contributed by atoms with E-state index in [1.54, 1.807) is 36.4 Å². The number of para-hydroxylation sites is 3. The van der Waals surface area contributed by atoms with Gasteiger partial charge in [0.15, 0.2) is 0 Å². The second-order valence-electron chi connectivity index (χ2n) is 14.5. The summed E-state index contributed by atoms with van der Waals surface area (Å²) < 4.78 is 17.2. The highest BCUT2D eigenvalue weighted by molar-refractivity contribution is 6.23. The number of imidazole rings is 1. The second-order valence-corrected chi connectivity index (χ2v) is 14.5. The van der Waals surface area contributed by atoms with E-state index in [1.165, 1.54) is 19.2 Å². The Balaban J connectivity index is 1.28. The van der Waals surface area contributed by atoms with E-state index in [-0.39, 0.29) is 31.2 Å². The number of aromatic amines is 1. The monoisotopic (exact) mass is 777 g/mol. The van der Waals surface area contributed by atoms with Crippen LogP contribution in [0.1, 0.15) is 46.3 Å². The number of hydrogen-bond acceptors (Lipinski definition) is 10. The van der Waals surface area contributed by atoms with Gasteiger partial charge in [0.1, 0.15) is 35.7 Å². The molecule has 0 radical (unpaired) electrons. The minimum atomic E-state index is -1.92. The number of carbonyl (C=O) groups excluding carboxylic acids is 4. The van der Waals surface area contributed by atoms with Gasteiger partial charge >= 0.3 is 12.1 Å². The lowest BCUT2D eigenvalue weighted by Crippen LogP contribution is -2.55. The number of aromatic hydroxyl groups is 1. The van der Waals surface area contributed by atoms with Gasteiger partial charge in [-0.05, 0) is 52.6 Å². The summed E-state index contributed by atoms with van der Waals surface area (Å²) in [6.07, 6.45) is -1.82. The number of H-pyrrole nitrogens is 1. The molecule has 3 amide bonds. The Hall–Kier alpha value is -6.83. The third-order valence-corrected chi connectivity index (χ3v) is 11.4. The molecule has 1 aromatic heterocycles. The van der Waals surface area contributed by atoms with Crippen molar-refractivity contribution in [3.8, 4) is 5.75 Å². The molecule has 0 saturated carbocycles. The lowest BCUT2D eigenvalue weighted by molar-refractivity contribution is -0.178. The van der Waals surface area contributed by atoms with Crippen molar-refractivity contribution < 1.29 is 38.5 Å². The number of nitrogens with zero attached hydrogens (tertiary/aromatic N) is 3. The predicted molar refractivity (Wildman–Crippen MR) is 211 cm³/mol. The zero-order valence-corrected chi connectivity index (χ0v) is 31.4. The summed E-state index contributed by atoms with van der Waals surface area (Å²) in [4.78, 5) is 71.0. The van der Waals surface area contributed by atoms with Crippen molar-refractivity contribution in [1.82, 2.24) is 20.2 Å². The van der Waals surface area contributed by atoms with Crippen LogP contribution in [0.5, 0.6) is 5.75 Å². The first-order chi connectivity index (χ1) is 28.3. The van der Waals surface area contributed by atoms with Crippen LogP contribution in [0.4, 0.5) is 10.5 Å². The second kappa shape index (κ2) is 14.9. The number of imide groups is 1. The molecule has 3 aliphatic rings. The summed E-state index contributed by atoms with van der Waals surface area (Å²) in [7, 11) is 1.47. The number of hydrogen-bond donors (Lipinski definition) is 3. The van der Waals surface area contributed by atoms with E-state index in [2.05, 4.69) is 15.3 Å². The van der Waals surface area contributed by atoms with E-state index in [0.717, 1.165) is 16.0 Å². The zero-order valence-electron chi connectivity index (χ0n) is 31.4. The summed E-state index contributed by atoms with van der Waals surface area (Å²) in [5.74, 6) is -3.10. The SMILES string of the molecule is COCCOC(=O)N1C(=O)[C@@]2(c3ccccc31)[C@H](C(=O)NCc1nc3ccccc3[nH]1)[C@H]1C(=O)O[C@H](c3ccccc3)[C@H](c3ccccc3)N1[C@@H]2c1ccc(O)cc1. The molecule has 3 aliphatic heterocycles. The lowest BCUT2D eigenvalue weighted by atomic mass is 9.65. The number of phenols is 1. The molecule has 9 rings (SSSR count). The van der Waals surface area contributed by atoms with E-state index < -0.39 is 59.4 Å². The van der Waals surface area contributed by atoms with Crippen molar-refractivity contribution in [3.63, 3.8) is 0 Å². The van der Waals surface area contributed by atoms with Crippen LogP contribution in [-0.2, 0) is 40.6 Å². The Bertz CT molecular complexity index is 2480. The summed E-state index contributed by atoms with van der Waals surface area (Å²) in [5, 5.41) is 13.6. The molecule has 0 aliphatic carbocycles. The van der Waals surface area contributed by atoms with Gasteiger partial charge in [-0.2, -0.15) is 0 Å². The average molecular weight is 778 g/mol. The maximum atomic E-state index is 15.8. The van der Waals surface area contributed by atoms with E-state index in [9.17, 15) is 14.7 Å². The van der Waals surface area contributed by atoms with Gasteiger partial charge in [-0.15, -0.1) is 0 Å². The molecule has 13 heteroatoms. The van der Waals surface area contributed by atoms with Crippen molar-refractivity contribution in [3.05, 3.63) is 162 Å². The molecule has 13 nitrogen and oxygen atoms in total. The maximum Gasteiger partial charge on any atom is 0.421 e. The molecule has 2 fully saturated rings. The maximum absolute atomic E-state index is 15.8. The number of esters is 1. The summed E-state index contributed by atoms with van der Waals surface area (Å²) in [6, 6.07) is 36.3. The molecule has 6 aromatic rings. The van der Waals surface area contributed by atoms with Crippen LogP contribution in [0.3, 0.4) is 0 Å². The molecule has 58 heavy (non-hydrogen) atoms. The minimum Gasteiger partial charge on any atom is -0.508 e. The number of fused-ring (bicyclic) bond motifs is 4. The number of rotatable bonds is 9. The Morgan fingerprint density at radius 1 is 0.810 bits per heavy atom. The number of carbonyl (C=O) groups is 4. The van der Waals surface area contributed by atoms with Crippen LogP contribution in [0.2, 0.25) is 0 Å². The quantitative estimate of drug-likeness (QED) is 0.117. The molecule has 0 bridgehead atoms. The van der Waals surface area contributed by atoms with Crippen LogP contribution in [-0.4, -0.2) is 70.2 Å². The third kappa shape index (κ3) is 5.89. The van der Waals surface area contributed by atoms with Gasteiger partial charge in [-0.25, -0.2) is 14.7 Å². The minimum absolute atomic E-state index is 0.0196. The summed E-state index contributed by atoms with van der Waals surface area (Å²) in [5.41, 5.74) is 2.14. The van der Waals surface area contributed by atoms with Gasteiger partial charge in [0.05, 0.1) is 47.9 Å². The number of methoxy groups -OCH3 is 1. The van der Waals surface area contributed by atoms with Gasteiger partial charge in [0, 0.05) is 7.11 Å². The van der Waals surface area contributed by atoms with Crippen LogP contribution >= 0.6 is 0 Å². The van der Waals surface area contributed by atoms with Crippen molar-refractivity contribution >= 4 is 40.6 Å². The molecular formula is C45H39N5O8. The molecule has 2 saturated heterocycles. The Morgan fingerprint density at radius 3 is 2.21 bits per heavy atom. The topological polar surface area (TPSA) is 163 Å². The first kappa shape index (κ1) is 36.8. The fourth-order valence-corrected chi connectivity index (χ4v) is 9.15. The van der Waals surface area contributed by atoms with Gasteiger partial charge in [0.25, 0.3) is 0 Å². The number of nitrogens with one attached hydrogen (secondary N) is 2. The number of benzene rings is 5. The van der Waals surface area contributed by atoms with E-state index >= 15 is 9.59 Å². The van der Waals surface area contributed by atoms with E-state index in [0.29, 0.717) is 28.0 Å². The Morgan fingerprint density at radius 2 is 1.48 bits per heavy atom. The van der Waals surface area contributed by atoms with Crippen LogP contribution < -0.4 is 10.2 Å². The lowest BCUT2D eigenvalue weighted by Gasteiger charge is -2.46. The molecule has 5 aromatic carbocycles. The molecular weight excluding hydrogens is 739 g/mol. The number of amides is 3. The van der Waals surface area contributed by atoms with Gasteiger partial charge < -0.3 is 29.6 Å². The number of phenolic OH excluding ortho intramolecular Hbond substituents is 1. The number of ether oxygens (including phenoxy) is 3. The van der Waals surface area contributed by atoms with Gasteiger partial charge in [0.2, 0.25) is 11.8 Å². The van der Waals surface area contributed by atoms with Crippen molar-refractivity contribution in [2.24, 2.45) is 5.92 Å². The van der Waals surface area contributed by atoms with Crippen LogP contribution in [0.25, 0.3) is 11.0 Å². The smallest absolute Gasteiger partial charge is 0.421 e. The fourth-order valence-electron chi connectivity index (χ4n) is 9.15. The predicted octanol–water partition coefficient (Wildman–Crippen LogP) is 6.03. The number of cyclic esters (lactones) is 1. The van der Waals surface area contributed by atoms with Crippen LogP contribution in [0.15, 0.2) is 133 Å². The molecule has 6 atom stereocenters. The van der Waals surface area contributed by atoms with Gasteiger partial charge in [-0.1, -0.05) is 103 Å². The third-order valence-electron chi connectivity index (χ3n) is 11.4. The Kier molecular flexibility index (Phi) is 9.46. The Labute approximate surface area is 333 Å². The normalized spacial score (nSPS) is 23.7. The van der Waals surface area contributed by atoms with Crippen molar-refractivity contribution in [2.45, 2.75) is 36.2 Å². The molecule has 0 unspecified atom stereocenters. The standard InChI is InChI=1S/C45H39N5O8/c1-56-24-25-57-44(55)49-34-19-11-8-16-31(34)45(43(49)54)36(41(52)46-26-35-47-32-17-9-10-18-33(32)48-35)38-42(53)58-39(28-14-6-3-7-15-28)37(27-12-4-2-5-13-27)50(38)40(45)29-20-22-30(51)23-21-29/h2-23,36-40,51H,24-26H2,1H3,(H,46,52)(H,47,48)/t36-,37-,38-,39+,40+,45-/m0/s1. The highest BCUT2D eigenvalue weighted by atomic mass is 16.6. The molecule has 1 spiro atoms. The van der Waals surface area contributed by atoms with Crippen LogP contribution in [0, 0.1) is 5.92 Å².